The third-order valence-electron chi connectivity index (χ3n) is 2.80. The predicted octanol–water partition coefficient (Wildman–Crippen LogP) is 1.64. The number of hydrogen-bond acceptors (Lipinski definition) is 4. The van der Waals surface area contributed by atoms with Crippen molar-refractivity contribution in [3.05, 3.63) is 42.2 Å². The van der Waals surface area contributed by atoms with Gasteiger partial charge in [0.15, 0.2) is 5.16 Å². The van der Waals surface area contributed by atoms with Gasteiger partial charge >= 0.3 is 0 Å². The van der Waals surface area contributed by atoms with Gasteiger partial charge < -0.3 is 15.6 Å². The molecule has 0 saturated heterocycles. The van der Waals surface area contributed by atoms with E-state index in [2.05, 4.69) is 10.3 Å². The van der Waals surface area contributed by atoms with Crippen LogP contribution in [0.4, 0.5) is 5.69 Å². The molecule has 0 bridgehead atoms. The number of primary amides is 1. The average molecular weight is 304 g/mol. The van der Waals surface area contributed by atoms with Crippen LogP contribution in [0.5, 0.6) is 0 Å². The number of imidazole rings is 1. The number of carbonyl (C=O) groups excluding carboxylic acids is 2. The quantitative estimate of drug-likeness (QED) is 0.794. The van der Waals surface area contributed by atoms with E-state index >= 15 is 0 Å². The number of carbonyl (C=O) groups is 2. The minimum atomic E-state index is -0.562. The van der Waals surface area contributed by atoms with Gasteiger partial charge in [-0.05, 0) is 12.1 Å². The molecule has 0 aliphatic carbocycles. The molecule has 3 N–H and O–H groups in total. The summed E-state index contributed by atoms with van der Waals surface area (Å²) in [4.78, 5) is 27.3. The van der Waals surface area contributed by atoms with Gasteiger partial charge in [-0.3, -0.25) is 9.59 Å². The fraction of sp³-hybridized carbons (Fsp3) is 0.214. The summed E-state index contributed by atoms with van der Waals surface area (Å²) in [6, 6.07) is 6.68. The van der Waals surface area contributed by atoms with Gasteiger partial charge in [0, 0.05) is 31.6 Å². The Labute approximate surface area is 126 Å². The van der Waals surface area contributed by atoms with Crippen LogP contribution in [-0.2, 0) is 11.8 Å². The van der Waals surface area contributed by atoms with Crippen molar-refractivity contribution in [2.75, 3.05) is 11.1 Å². The summed E-state index contributed by atoms with van der Waals surface area (Å²) < 4.78 is 1.89. The molecule has 0 fully saturated rings. The van der Waals surface area contributed by atoms with E-state index < -0.39 is 5.91 Å². The number of rotatable bonds is 6. The highest BCUT2D eigenvalue weighted by Gasteiger charge is 2.10. The van der Waals surface area contributed by atoms with E-state index in [9.17, 15) is 9.59 Å². The lowest BCUT2D eigenvalue weighted by Crippen LogP contribution is -2.18. The zero-order valence-corrected chi connectivity index (χ0v) is 12.4. The van der Waals surface area contributed by atoms with Gasteiger partial charge in [0.2, 0.25) is 5.91 Å². The minimum Gasteiger partial charge on any atom is -0.366 e. The minimum absolute atomic E-state index is 0.162. The Morgan fingerprint density at radius 1 is 1.38 bits per heavy atom. The SMILES string of the molecule is Cn1ccnc1SCCC(=O)Nc1ccccc1C(N)=O. The Hall–Kier alpha value is -2.28. The molecule has 0 atom stereocenters. The van der Waals surface area contributed by atoms with Crippen LogP contribution in [0.2, 0.25) is 0 Å². The van der Waals surface area contributed by atoms with Gasteiger partial charge in [-0.25, -0.2) is 4.98 Å². The van der Waals surface area contributed by atoms with E-state index in [0.29, 0.717) is 23.4 Å². The van der Waals surface area contributed by atoms with Crippen LogP contribution < -0.4 is 11.1 Å². The van der Waals surface area contributed by atoms with E-state index in [1.807, 2.05) is 17.8 Å². The fourth-order valence-electron chi connectivity index (χ4n) is 1.75. The molecular formula is C14H16N4O2S. The molecule has 1 heterocycles. The van der Waals surface area contributed by atoms with Crippen LogP contribution in [0.3, 0.4) is 0 Å². The van der Waals surface area contributed by atoms with Gasteiger partial charge in [-0.2, -0.15) is 0 Å². The number of nitrogens with zero attached hydrogens (tertiary/aromatic N) is 2. The third-order valence-corrected chi connectivity index (χ3v) is 3.86. The molecule has 0 aliphatic heterocycles. The molecule has 0 saturated carbocycles. The van der Waals surface area contributed by atoms with E-state index in [1.165, 1.54) is 11.8 Å². The van der Waals surface area contributed by atoms with Crippen molar-refractivity contribution >= 4 is 29.3 Å². The van der Waals surface area contributed by atoms with Crippen molar-refractivity contribution in [2.45, 2.75) is 11.6 Å². The highest BCUT2D eigenvalue weighted by Crippen LogP contribution is 2.17. The van der Waals surface area contributed by atoms with E-state index in [4.69, 9.17) is 5.73 Å². The summed E-state index contributed by atoms with van der Waals surface area (Å²) in [7, 11) is 1.90. The lowest BCUT2D eigenvalue weighted by Gasteiger charge is -2.08. The normalized spacial score (nSPS) is 10.3. The van der Waals surface area contributed by atoms with Crippen molar-refractivity contribution in [3.8, 4) is 0 Å². The summed E-state index contributed by atoms with van der Waals surface area (Å²) in [5.41, 5.74) is 6.02. The summed E-state index contributed by atoms with van der Waals surface area (Å²) >= 11 is 1.50. The van der Waals surface area contributed by atoms with E-state index in [1.54, 1.807) is 30.5 Å². The molecule has 2 amide bonds. The zero-order valence-electron chi connectivity index (χ0n) is 11.6. The summed E-state index contributed by atoms with van der Waals surface area (Å²) in [5.74, 6) is -0.117. The summed E-state index contributed by atoms with van der Waals surface area (Å²) in [6.07, 6.45) is 3.89. The number of aryl methyl sites for hydroxylation is 1. The van der Waals surface area contributed by atoms with Crippen LogP contribution >= 0.6 is 11.8 Å². The van der Waals surface area contributed by atoms with Crippen LogP contribution in [0.25, 0.3) is 0 Å². The van der Waals surface area contributed by atoms with Gasteiger partial charge in [0.05, 0.1) is 11.3 Å². The van der Waals surface area contributed by atoms with Crippen molar-refractivity contribution in [1.29, 1.82) is 0 Å². The summed E-state index contributed by atoms with van der Waals surface area (Å²) in [5, 5.41) is 3.57. The second kappa shape index (κ2) is 6.94. The average Bonchev–Trinajstić information content (AvgIpc) is 2.85. The molecule has 0 aliphatic rings. The Balaban J connectivity index is 1.88. The number of hydrogen-bond donors (Lipinski definition) is 2. The number of para-hydroxylation sites is 1. The molecule has 6 nitrogen and oxygen atoms in total. The second-order valence-corrected chi connectivity index (χ2v) is 5.44. The molecule has 0 radical (unpaired) electrons. The maximum atomic E-state index is 11.9. The molecule has 7 heteroatoms. The van der Waals surface area contributed by atoms with Crippen molar-refractivity contribution in [2.24, 2.45) is 12.8 Å². The predicted molar refractivity (Wildman–Crippen MR) is 82.1 cm³/mol. The first kappa shape index (κ1) is 15.1. The van der Waals surface area contributed by atoms with Crippen molar-refractivity contribution in [1.82, 2.24) is 9.55 Å². The third kappa shape index (κ3) is 4.09. The first-order valence-electron chi connectivity index (χ1n) is 6.36. The number of benzene rings is 1. The maximum absolute atomic E-state index is 11.9. The number of amides is 2. The van der Waals surface area contributed by atoms with E-state index in [0.717, 1.165) is 5.16 Å². The molecular weight excluding hydrogens is 288 g/mol. The van der Waals surface area contributed by atoms with Crippen LogP contribution in [0, 0.1) is 0 Å². The molecule has 0 unspecified atom stereocenters. The molecule has 110 valence electrons. The summed E-state index contributed by atoms with van der Waals surface area (Å²) in [6.45, 7) is 0. The second-order valence-electron chi connectivity index (χ2n) is 4.38. The first-order chi connectivity index (χ1) is 10.1. The molecule has 2 rings (SSSR count). The number of nitrogens with two attached hydrogens (primary N) is 1. The number of aromatic nitrogens is 2. The number of anilines is 1. The Morgan fingerprint density at radius 2 is 2.14 bits per heavy atom. The fourth-order valence-corrected chi connectivity index (χ4v) is 2.62. The van der Waals surface area contributed by atoms with Crippen molar-refractivity contribution < 1.29 is 9.59 Å². The molecule has 0 spiro atoms. The van der Waals surface area contributed by atoms with Crippen molar-refractivity contribution in [3.63, 3.8) is 0 Å². The monoisotopic (exact) mass is 304 g/mol. The van der Waals surface area contributed by atoms with E-state index in [-0.39, 0.29) is 5.91 Å². The zero-order chi connectivity index (χ0) is 15.2. The Bertz CT molecular complexity index is 654. The number of nitrogens with one attached hydrogen (secondary N) is 1. The lowest BCUT2D eigenvalue weighted by molar-refractivity contribution is -0.115. The Morgan fingerprint density at radius 3 is 2.81 bits per heavy atom. The molecule has 1 aromatic carbocycles. The lowest BCUT2D eigenvalue weighted by atomic mass is 10.1. The highest BCUT2D eigenvalue weighted by atomic mass is 32.2. The molecule has 1 aromatic heterocycles. The van der Waals surface area contributed by atoms with Gasteiger partial charge in [-0.1, -0.05) is 23.9 Å². The first-order valence-corrected chi connectivity index (χ1v) is 7.35. The molecule has 21 heavy (non-hydrogen) atoms. The standard InChI is InChI=1S/C14H16N4O2S/c1-18-8-7-16-14(18)21-9-6-12(19)17-11-5-3-2-4-10(11)13(15)20/h2-5,7-8H,6,9H2,1H3,(H2,15,20)(H,17,19). The van der Waals surface area contributed by atoms with Gasteiger partial charge in [-0.15, -0.1) is 0 Å². The van der Waals surface area contributed by atoms with Gasteiger partial charge in [0.1, 0.15) is 0 Å². The highest BCUT2D eigenvalue weighted by molar-refractivity contribution is 7.99. The maximum Gasteiger partial charge on any atom is 0.250 e. The van der Waals surface area contributed by atoms with Crippen LogP contribution in [-0.4, -0.2) is 27.1 Å². The number of thioether (sulfide) groups is 1. The molecule has 2 aromatic rings. The van der Waals surface area contributed by atoms with Crippen LogP contribution in [0.1, 0.15) is 16.8 Å². The largest absolute Gasteiger partial charge is 0.366 e. The van der Waals surface area contributed by atoms with Gasteiger partial charge in [0.25, 0.3) is 5.91 Å². The smallest absolute Gasteiger partial charge is 0.250 e. The Kier molecular flexibility index (Phi) is 4.99. The van der Waals surface area contributed by atoms with Crippen LogP contribution in [0.15, 0.2) is 41.8 Å². The topological polar surface area (TPSA) is 90.0 Å².